The van der Waals surface area contributed by atoms with E-state index in [-0.39, 0.29) is 30.8 Å². The van der Waals surface area contributed by atoms with Crippen LogP contribution in [0.1, 0.15) is 49.1 Å². The normalized spacial score (nSPS) is 19.4. The highest BCUT2D eigenvalue weighted by Gasteiger charge is 2.38. The number of ether oxygens (including phenoxy) is 1. The molecule has 2 unspecified atom stereocenters. The van der Waals surface area contributed by atoms with Crippen molar-refractivity contribution in [3.05, 3.63) is 41.7 Å². The number of halogens is 1. The topological polar surface area (TPSA) is 97.5 Å². The molecule has 2 heterocycles. The molecule has 0 bridgehead atoms. The Balaban J connectivity index is 1.95. The molecule has 1 aliphatic heterocycles. The van der Waals surface area contributed by atoms with Crippen molar-refractivity contribution < 1.29 is 23.8 Å². The number of nitrogens with zero attached hydrogens (tertiary/aromatic N) is 4. The van der Waals surface area contributed by atoms with Gasteiger partial charge in [0.2, 0.25) is 5.82 Å². The zero-order valence-corrected chi connectivity index (χ0v) is 16.0. The second-order valence-corrected chi connectivity index (χ2v) is 7.14. The van der Waals surface area contributed by atoms with Gasteiger partial charge in [-0.15, -0.1) is 5.10 Å². The molecular formula is C19H23FN4O4. The lowest BCUT2D eigenvalue weighted by atomic mass is 10.1. The van der Waals surface area contributed by atoms with Crippen LogP contribution in [0.2, 0.25) is 0 Å². The van der Waals surface area contributed by atoms with Gasteiger partial charge in [-0.1, -0.05) is 19.9 Å². The van der Waals surface area contributed by atoms with Gasteiger partial charge in [0.25, 0.3) is 5.91 Å². The molecule has 1 fully saturated rings. The number of likely N-dealkylation sites (tertiary alicyclic amines) is 1. The molecule has 0 spiro atoms. The van der Waals surface area contributed by atoms with Gasteiger partial charge < -0.3 is 14.7 Å². The summed E-state index contributed by atoms with van der Waals surface area (Å²) in [4.78, 5) is 30.1. The molecule has 1 aliphatic rings. The van der Waals surface area contributed by atoms with E-state index in [1.54, 1.807) is 12.1 Å². The summed E-state index contributed by atoms with van der Waals surface area (Å²) in [5, 5.41) is 13.5. The highest BCUT2D eigenvalue weighted by atomic mass is 19.1. The Morgan fingerprint density at radius 3 is 2.75 bits per heavy atom. The molecule has 1 saturated heterocycles. The van der Waals surface area contributed by atoms with Crippen LogP contribution in [-0.2, 0) is 9.53 Å². The highest BCUT2D eigenvalue weighted by Crippen LogP contribution is 2.25. The smallest absolute Gasteiger partial charge is 0.305 e. The van der Waals surface area contributed by atoms with Crippen molar-refractivity contribution in [3.63, 3.8) is 0 Å². The number of rotatable bonds is 6. The van der Waals surface area contributed by atoms with Crippen LogP contribution in [-0.4, -0.2) is 62.4 Å². The van der Waals surface area contributed by atoms with E-state index in [4.69, 9.17) is 9.84 Å². The molecular weight excluding hydrogens is 367 g/mol. The van der Waals surface area contributed by atoms with Crippen LogP contribution in [0.25, 0.3) is 5.69 Å². The van der Waals surface area contributed by atoms with E-state index in [1.807, 2.05) is 13.8 Å². The van der Waals surface area contributed by atoms with E-state index in [0.29, 0.717) is 17.9 Å². The average Bonchev–Trinajstić information content (AvgIpc) is 3.25. The van der Waals surface area contributed by atoms with Crippen molar-refractivity contribution in [1.82, 2.24) is 19.7 Å². The van der Waals surface area contributed by atoms with Crippen LogP contribution in [0.4, 0.5) is 4.39 Å². The van der Waals surface area contributed by atoms with Gasteiger partial charge in [0.15, 0.2) is 0 Å². The maximum Gasteiger partial charge on any atom is 0.305 e. The van der Waals surface area contributed by atoms with Crippen LogP contribution in [0.5, 0.6) is 0 Å². The molecule has 0 saturated carbocycles. The van der Waals surface area contributed by atoms with E-state index >= 15 is 0 Å². The summed E-state index contributed by atoms with van der Waals surface area (Å²) in [5.41, 5.74) is 0.466. The average molecular weight is 390 g/mol. The fourth-order valence-corrected chi connectivity index (χ4v) is 3.40. The van der Waals surface area contributed by atoms with Gasteiger partial charge in [-0.25, -0.2) is 14.1 Å². The van der Waals surface area contributed by atoms with Gasteiger partial charge in [-0.3, -0.25) is 9.59 Å². The van der Waals surface area contributed by atoms with Crippen LogP contribution in [0.3, 0.4) is 0 Å². The summed E-state index contributed by atoms with van der Waals surface area (Å²) < 4.78 is 20.4. The quantitative estimate of drug-likeness (QED) is 0.812. The molecule has 1 N–H and O–H groups in total. The Morgan fingerprint density at radius 1 is 1.39 bits per heavy atom. The summed E-state index contributed by atoms with van der Waals surface area (Å²) in [5.74, 6) is -1.44. The van der Waals surface area contributed by atoms with E-state index in [1.165, 1.54) is 28.8 Å². The number of amides is 1. The van der Waals surface area contributed by atoms with Gasteiger partial charge in [0, 0.05) is 25.6 Å². The summed E-state index contributed by atoms with van der Waals surface area (Å²) in [6.45, 7) is 4.08. The van der Waals surface area contributed by atoms with Gasteiger partial charge in [-0.05, 0) is 24.6 Å². The molecule has 2 atom stereocenters. The zero-order chi connectivity index (χ0) is 20.4. The summed E-state index contributed by atoms with van der Waals surface area (Å²) in [7, 11) is 1.53. The lowest BCUT2D eigenvalue weighted by molar-refractivity contribution is -0.138. The first-order chi connectivity index (χ1) is 13.3. The van der Waals surface area contributed by atoms with Crippen molar-refractivity contribution >= 4 is 11.9 Å². The third-order valence-corrected chi connectivity index (χ3v) is 4.77. The summed E-state index contributed by atoms with van der Waals surface area (Å²) in [6, 6.07) is 5.40. The number of hydrogen-bond donors (Lipinski definition) is 1. The first kappa shape index (κ1) is 19.9. The Kier molecular flexibility index (Phi) is 5.73. The lowest BCUT2D eigenvalue weighted by Gasteiger charge is -2.21. The van der Waals surface area contributed by atoms with Crippen LogP contribution >= 0.6 is 0 Å². The molecule has 0 aliphatic carbocycles. The van der Waals surface area contributed by atoms with Gasteiger partial charge in [-0.2, -0.15) is 0 Å². The number of carbonyl (C=O) groups excluding carboxylic acids is 1. The number of aromatic nitrogens is 3. The third kappa shape index (κ3) is 4.04. The number of benzene rings is 1. The zero-order valence-electron chi connectivity index (χ0n) is 16.0. The molecule has 28 heavy (non-hydrogen) atoms. The molecule has 9 heteroatoms. The van der Waals surface area contributed by atoms with Crippen molar-refractivity contribution in [1.29, 1.82) is 0 Å². The van der Waals surface area contributed by atoms with Crippen molar-refractivity contribution in [3.8, 4) is 5.69 Å². The molecule has 8 nitrogen and oxygen atoms in total. The van der Waals surface area contributed by atoms with E-state index in [2.05, 4.69) is 10.1 Å². The SMILES string of the molecule is COC1CC(CC(=O)O)N(C(=O)c2nc(C(C)C)n(-c3cccc(F)c3)n2)C1. The Bertz CT molecular complexity index is 883. The Labute approximate surface area is 161 Å². The minimum absolute atomic E-state index is 0.0416. The van der Waals surface area contributed by atoms with Gasteiger partial charge in [0.05, 0.1) is 18.2 Å². The van der Waals surface area contributed by atoms with E-state index < -0.39 is 23.7 Å². The van der Waals surface area contributed by atoms with Crippen LogP contribution in [0.15, 0.2) is 24.3 Å². The van der Waals surface area contributed by atoms with Crippen LogP contribution in [0, 0.1) is 5.82 Å². The van der Waals surface area contributed by atoms with Crippen molar-refractivity contribution in [2.24, 2.45) is 0 Å². The fraction of sp³-hybridized carbons (Fsp3) is 0.474. The lowest BCUT2D eigenvalue weighted by Crippen LogP contribution is -2.38. The second kappa shape index (κ2) is 8.05. The molecule has 1 amide bonds. The number of aliphatic carboxylic acids is 1. The fourth-order valence-electron chi connectivity index (χ4n) is 3.40. The first-order valence-corrected chi connectivity index (χ1v) is 9.08. The van der Waals surface area contributed by atoms with E-state index in [0.717, 1.165) is 0 Å². The molecule has 0 radical (unpaired) electrons. The molecule has 1 aromatic heterocycles. The maximum absolute atomic E-state index is 13.6. The number of hydrogen-bond acceptors (Lipinski definition) is 5. The number of methoxy groups -OCH3 is 1. The number of carboxylic acid groups (broad SMARTS) is 1. The van der Waals surface area contributed by atoms with E-state index in [9.17, 15) is 14.0 Å². The minimum Gasteiger partial charge on any atom is -0.481 e. The third-order valence-electron chi connectivity index (χ3n) is 4.77. The highest BCUT2D eigenvalue weighted by molar-refractivity contribution is 5.91. The summed E-state index contributed by atoms with van der Waals surface area (Å²) in [6.07, 6.45) is 0.0341. The summed E-state index contributed by atoms with van der Waals surface area (Å²) >= 11 is 0. The standard InChI is InChI=1S/C19H23FN4O4/c1-11(2)18-21-17(22-24(18)13-6-4-5-12(20)7-13)19(27)23-10-15(28-3)8-14(23)9-16(25)26/h4-7,11,14-15H,8-10H2,1-3H3,(H,25,26). The van der Waals surface area contributed by atoms with Crippen LogP contribution < -0.4 is 0 Å². The monoisotopic (exact) mass is 390 g/mol. The second-order valence-electron chi connectivity index (χ2n) is 7.14. The Hall–Kier alpha value is -2.81. The molecule has 2 aromatic rings. The minimum atomic E-state index is -0.985. The predicted molar refractivity (Wildman–Crippen MR) is 97.9 cm³/mol. The number of carbonyl (C=O) groups is 2. The maximum atomic E-state index is 13.6. The molecule has 150 valence electrons. The van der Waals surface area contributed by atoms with Crippen molar-refractivity contribution in [2.75, 3.05) is 13.7 Å². The van der Waals surface area contributed by atoms with Gasteiger partial charge in [0.1, 0.15) is 11.6 Å². The molecule has 3 rings (SSSR count). The van der Waals surface area contributed by atoms with Gasteiger partial charge >= 0.3 is 5.97 Å². The Morgan fingerprint density at radius 2 is 2.14 bits per heavy atom. The van der Waals surface area contributed by atoms with Crippen molar-refractivity contribution in [2.45, 2.75) is 44.8 Å². The molecule has 1 aromatic carbocycles. The predicted octanol–water partition coefficient (Wildman–Crippen LogP) is 2.23. The number of carboxylic acids is 1. The largest absolute Gasteiger partial charge is 0.481 e. The first-order valence-electron chi connectivity index (χ1n) is 9.08.